The van der Waals surface area contributed by atoms with Crippen molar-refractivity contribution < 1.29 is 9.90 Å². The minimum absolute atomic E-state index is 0.0124. The summed E-state index contributed by atoms with van der Waals surface area (Å²) >= 11 is 0. The van der Waals surface area contributed by atoms with Gasteiger partial charge in [0.2, 0.25) is 0 Å². The first-order chi connectivity index (χ1) is 9.95. The zero-order valence-electron chi connectivity index (χ0n) is 13.6. The van der Waals surface area contributed by atoms with Gasteiger partial charge in [0.15, 0.2) is 0 Å². The largest absolute Gasteiger partial charge is 0.393 e. The summed E-state index contributed by atoms with van der Waals surface area (Å²) in [5, 5.41) is 10.0. The van der Waals surface area contributed by atoms with E-state index in [-0.39, 0.29) is 11.5 Å². The van der Waals surface area contributed by atoms with Crippen LogP contribution in [0.3, 0.4) is 0 Å². The van der Waals surface area contributed by atoms with Crippen LogP contribution in [-0.4, -0.2) is 17.0 Å². The van der Waals surface area contributed by atoms with E-state index >= 15 is 0 Å². The number of carbonyl (C=O) groups excluding carboxylic acids is 1. The van der Waals surface area contributed by atoms with Crippen molar-refractivity contribution in [3.63, 3.8) is 0 Å². The third kappa shape index (κ3) is 1.84. The highest BCUT2D eigenvalue weighted by atomic mass is 16.3. The summed E-state index contributed by atoms with van der Waals surface area (Å²) in [6.45, 7) is 4.78. The monoisotopic (exact) mass is 292 g/mol. The molecule has 1 N–H and O–H groups in total. The fourth-order valence-electron chi connectivity index (χ4n) is 7.01. The molecule has 4 rings (SSSR count). The number of hydrogen-bond donors (Lipinski definition) is 1. The fraction of sp³-hybridized carbons (Fsp3) is 0.947. The topological polar surface area (TPSA) is 37.3 Å². The Morgan fingerprint density at radius 2 is 1.86 bits per heavy atom. The maximum Gasteiger partial charge on any atom is 0.139 e. The van der Waals surface area contributed by atoms with Crippen LogP contribution in [0.2, 0.25) is 0 Å². The van der Waals surface area contributed by atoms with Crippen molar-refractivity contribution >= 4 is 5.78 Å². The zero-order chi connectivity index (χ0) is 14.8. The number of Topliss-reactive ketones (excluding diaryl/α,β-unsaturated/α-hetero) is 1. The third-order valence-corrected chi connectivity index (χ3v) is 8.35. The lowest BCUT2D eigenvalue weighted by Gasteiger charge is -2.60. The molecular formula is C19H30O2. The zero-order valence-corrected chi connectivity index (χ0v) is 13.6. The quantitative estimate of drug-likeness (QED) is 0.734. The Balaban J connectivity index is 1.64. The molecule has 0 heterocycles. The van der Waals surface area contributed by atoms with Crippen molar-refractivity contribution in [1.82, 2.24) is 0 Å². The highest BCUT2D eigenvalue weighted by molar-refractivity contribution is 5.87. The van der Waals surface area contributed by atoms with Crippen LogP contribution in [0, 0.1) is 34.5 Å². The summed E-state index contributed by atoms with van der Waals surface area (Å²) in [7, 11) is 0. The maximum absolute atomic E-state index is 12.4. The van der Waals surface area contributed by atoms with Gasteiger partial charge in [0, 0.05) is 11.8 Å². The third-order valence-electron chi connectivity index (χ3n) is 8.35. The first-order valence-corrected chi connectivity index (χ1v) is 9.16. The van der Waals surface area contributed by atoms with Crippen LogP contribution in [0.4, 0.5) is 0 Å². The average molecular weight is 292 g/mol. The van der Waals surface area contributed by atoms with Crippen LogP contribution < -0.4 is 0 Å². The van der Waals surface area contributed by atoms with E-state index in [1.807, 2.05) is 0 Å². The number of aliphatic hydroxyl groups excluding tert-OH is 1. The van der Waals surface area contributed by atoms with Gasteiger partial charge in [-0.25, -0.2) is 0 Å². The highest BCUT2D eigenvalue weighted by Crippen LogP contribution is 2.65. The molecule has 0 saturated heterocycles. The van der Waals surface area contributed by atoms with Gasteiger partial charge in [-0.05, 0) is 80.5 Å². The Bertz CT molecular complexity index is 458. The molecule has 21 heavy (non-hydrogen) atoms. The number of aliphatic hydroxyl groups is 1. The Hall–Kier alpha value is -0.370. The summed E-state index contributed by atoms with van der Waals surface area (Å²) < 4.78 is 0. The second-order valence-corrected chi connectivity index (χ2v) is 9.00. The molecule has 4 saturated carbocycles. The number of fused-ring (bicyclic) bond motifs is 5. The standard InChI is InChI=1S/C19H30O2/c1-18-9-7-13(20)11-12(18)3-4-14-15-5-6-17(21)19(15,2)10-8-16(14)18/h12-16,20H,3-11H2,1-2H3/t12-,13-,14-,15-,16-,18-,19-/m0/s1/i11+2. The van der Waals surface area contributed by atoms with Crippen molar-refractivity contribution in [3.05, 3.63) is 0 Å². The van der Waals surface area contributed by atoms with E-state index in [0.717, 1.165) is 49.9 Å². The molecule has 0 unspecified atom stereocenters. The van der Waals surface area contributed by atoms with Crippen LogP contribution in [0.1, 0.15) is 71.6 Å². The van der Waals surface area contributed by atoms with Gasteiger partial charge in [0.1, 0.15) is 5.78 Å². The van der Waals surface area contributed by atoms with Gasteiger partial charge in [-0.15, -0.1) is 0 Å². The second-order valence-electron chi connectivity index (χ2n) is 9.00. The maximum atomic E-state index is 12.4. The molecule has 0 aromatic carbocycles. The molecule has 2 heteroatoms. The molecule has 7 atom stereocenters. The predicted octanol–water partition coefficient (Wildman–Crippen LogP) is 3.96. The molecule has 0 aromatic rings. The summed E-state index contributed by atoms with van der Waals surface area (Å²) in [6.07, 6.45) is 10.1. The smallest absolute Gasteiger partial charge is 0.139 e. The first kappa shape index (κ1) is 14.2. The number of rotatable bonds is 0. The van der Waals surface area contributed by atoms with Crippen molar-refractivity contribution in [2.75, 3.05) is 0 Å². The van der Waals surface area contributed by atoms with E-state index in [1.54, 1.807) is 0 Å². The minimum Gasteiger partial charge on any atom is -0.393 e. The van der Waals surface area contributed by atoms with Crippen LogP contribution in [-0.2, 0) is 4.79 Å². The summed E-state index contributed by atoms with van der Waals surface area (Å²) in [5.41, 5.74) is 0.452. The first-order valence-electron chi connectivity index (χ1n) is 9.16. The van der Waals surface area contributed by atoms with Gasteiger partial charge in [-0.1, -0.05) is 13.8 Å². The molecule has 4 aliphatic carbocycles. The molecule has 0 spiro atoms. The minimum atomic E-state index is -0.0541. The lowest BCUT2D eigenvalue weighted by molar-refractivity contribution is -0.142. The normalized spacial score (nSPS) is 56.5. The Morgan fingerprint density at radius 1 is 1.05 bits per heavy atom. The van der Waals surface area contributed by atoms with E-state index in [0.29, 0.717) is 17.1 Å². The van der Waals surface area contributed by atoms with Gasteiger partial charge in [0.25, 0.3) is 0 Å². The van der Waals surface area contributed by atoms with Crippen LogP contribution in [0.5, 0.6) is 0 Å². The summed E-state index contributed by atoms with van der Waals surface area (Å²) in [4.78, 5) is 12.4. The average Bonchev–Trinajstić information content (AvgIpc) is 2.76. The lowest BCUT2D eigenvalue weighted by atomic mass is 9.47. The molecular weight excluding hydrogens is 262 g/mol. The highest BCUT2D eigenvalue weighted by Gasteiger charge is 2.60. The molecule has 0 aliphatic heterocycles. The Labute approximate surface area is 128 Å². The van der Waals surface area contributed by atoms with Crippen molar-refractivity contribution in [2.45, 2.75) is 77.7 Å². The van der Waals surface area contributed by atoms with Crippen LogP contribution in [0.15, 0.2) is 0 Å². The van der Waals surface area contributed by atoms with Gasteiger partial charge in [-0.2, -0.15) is 0 Å². The predicted molar refractivity (Wildman–Crippen MR) is 82.7 cm³/mol. The lowest BCUT2D eigenvalue weighted by Crippen LogP contribution is -2.54. The van der Waals surface area contributed by atoms with E-state index in [4.69, 9.17) is 0 Å². The van der Waals surface area contributed by atoms with E-state index in [1.165, 1.54) is 25.7 Å². The molecule has 118 valence electrons. The number of hydrogen-bond acceptors (Lipinski definition) is 2. The van der Waals surface area contributed by atoms with E-state index < -0.39 is 0 Å². The Morgan fingerprint density at radius 3 is 2.67 bits per heavy atom. The molecule has 4 aliphatic rings. The second kappa shape index (κ2) is 4.57. The summed E-state index contributed by atoms with van der Waals surface area (Å²) in [5.74, 6) is 3.54. The van der Waals surface area contributed by atoms with Crippen molar-refractivity contribution in [2.24, 2.45) is 34.5 Å². The summed E-state index contributed by atoms with van der Waals surface area (Å²) in [6, 6.07) is 0. The van der Waals surface area contributed by atoms with Gasteiger partial charge in [-0.3, -0.25) is 4.79 Å². The van der Waals surface area contributed by atoms with Crippen molar-refractivity contribution in [3.8, 4) is 0 Å². The van der Waals surface area contributed by atoms with E-state index in [9.17, 15) is 9.90 Å². The van der Waals surface area contributed by atoms with E-state index in [2.05, 4.69) is 13.8 Å². The number of ketones is 1. The molecule has 0 bridgehead atoms. The molecule has 0 radical (unpaired) electrons. The van der Waals surface area contributed by atoms with Crippen LogP contribution in [0.25, 0.3) is 0 Å². The number of carbonyl (C=O) groups is 1. The molecule has 4 fully saturated rings. The van der Waals surface area contributed by atoms with Crippen molar-refractivity contribution in [1.29, 1.82) is 0 Å². The van der Waals surface area contributed by atoms with Gasteiger partial charge in [0.05, 0.1) is 6.10 Å². The Kier molecular flexibility index (Phi) is 3.10. The molecule has 2 nitrogen and oxygen atoms in total. The fourth-order valence-corrected chi connectivity index (χ4v) is 7.01. The van der Waals surface area contributed by atoms with Gasteiger partial charge < -0.3 is 5.11 Å². The molecule has 0 amide bonds. The molecule has 0 aromatic heterocycles. The van der Waals surface area contributed by atoms with Crippen LogP contribution >= 0.6 is 0 Å². The SMILES string of the molecule is C[C@]12CC[C@H](O)[14CH2][C@@H]1CC[C@@H]1[C@@H]2CC[C@]2(C)C(=O)CC[C@@H]12. The van der Waals surface area contributed by atoms with Gasteiger partial charge >= 0.3 is 0 Å².